The van der Waals surface area contributed by atoms with E-state index in [-0.39, 0.29) is 6.09 Å². The standard InChI is InChI=1S/C20H26N4O2/c1-2-26-20(25)23-11-8-16(9-12-23)24-13-10-18-17(14-24)19(22-21-18)15-6-4-3-5-7-15/h3-7,16H,2,8-14H2,1H3,(H,21,22). The van der Waals surface area contributed by atoms with Crippen LogP contribution in [0.3, 0.4) is 0 Å². The van der Waals surface area contributed by atoms with Gasteiger partial charge in [0.1, 0.15) is 0 Å². The second-order valence-corrected chi connectivity index (χ2v) is 7.03. The van der Waals surface area contributed by atoms with Gasteiger partial charge in [-0.15, -0.1) is 0 Å². The molecule has 6 heteroatoms. The average Bonchev–Trinajstić information content (AvgIpc) is 3.12. The molecule has 6 nitrogen and oxygen atoms in total. The van der Waals surface area contributed by atoms with Gasteiger partial charge in [-0.05, 0) is 19.8 Å². The zero-order valence-corrected chi connectivity index (χ0v) is 15.3. The number of aromatic amines is 1. The Morgan fingerprint density at radius 2 is 2.00 bits per heavy atom. The number of ether oxygens (including phenoxy) is 1. The number of aromatic nitrogens is 2. The predicted octanol–water partition coefficient (Wildman–Crippen LogP) is 3.06. The highest BCUT2D eigenvalue weighted by molar-refractivity contribution is 5.67. The van der Waals surface area contributed by atoms with E-state index < -0.39 is 0 Å². The smallest absolute Gasteiger partial charge is 0.409 e. The summed E-state index contributed by atoms with van der Waals surface area (Å²) in [4.78, 5) is 16.3. The van der Waals surface area contributed by atoms with Crippen molar-refractivity contribution in [3.05, 3.63) is 41.6 Å². The predicted molar refractivity (Wildman–Crippen MR) is 99.8 cm³/mol. The molecule has 2 aromatic rings. The number of hydrogen-bond donors (Lipinski definition) is 1. The molecular weight excluding hydrogens is 328 g/mol. The van der Waals surface area contributed by atoms with Gasteiger partial charge in [0.2, 0.25) is 0 Å². The first-order valence-corrected chi connectivity index (χ1v) is 9.53. The largest absolute Gasteiger partial charge is 0.450 e. The van der Waals surface area contributed by atoms with E-state index in [1.807, 2.05) is 17.9 Å². The van der Waals surface area contributed by atoms with Crippen LogP contribution >= 0.6 is 0 Å². The zero-order valence-electron chi connectivity index (χ0n) is 15.3. The van der Waals surface area contributed by atoms with Crippen molar-refractivity contribution in [2.24, 2.45) is 0 Å². The Labute approximate surface area is 154 Å². The molecule has 4 rings (SSSR count). The molecule has 1 saturated heterocycles. The second-order valence-electron chi connectivity index (χ2n) is 7.03. The van der Waals surface area contributed by atoms with Crippen LogP contribution in [0.15, 0.2) is 30.3 Å². The molecule has 0 radical (unpaired) electrons. The van der Waals surface area contributed by atoms with Crippen molar-refractivity contribution in [1.82, 2.24) is 20.0 Å². The molecule has 0 unspecified atom stereocenters. The first kappa shape index (κ1) is 17.1. The van der Waals surface area contributed by atoms with Gasteiger partial charge in [0, 0.05) is 55.5 Å². The van der Waals surface area contributed by atoms with Gasteiger partial charge in [0.05, 0.1) is 12.3 Å². The number of H-pyrrole nitrogens is 1. The number of nitrogens with one attached hydrogen (secondary N) is 1. The maximum atomic E-state index is 11.9. The number of rotatable bonds is 3. The molecule has 1 amide bonds. The van der Waals surface area contributed by atoms with E-state index in [1.54, 1.807) is 0 Å². The number of piperidine rings is 1. The Kier molecular flexibility index (Phi) is 4.93. The average molecular weight is 354 g/mol. The van der Waals surface area contributed by atoms with Crippen molar-refractivity contribution >= 4 is 6.09 Å². The van der Waals surface area contributed by atoms with Crippen molar-refractivity contribution in [3.8, 4) is 11.3 Å². The number of carbonyl (C=O) groups excluding carboxylic acids is 1. The summed E-state index contributed by atoms with van der Waals surface area (Å²) >= 11 is 0. The van der Waals surface area contributed by atoms with Gasteiger partial charge < -0.3 is 9.64 Å². The van der Waals surface area contributed by atoms with E-state index in [0.29, 0.717) is 12.6 Å². The number of carbonyl (C=O) groups is 1. The fourth-order valence-corrected chi connectivity index (χ4v) is 4.09. The summed E-state index contributed by atoms with van der Waals surface area (Å²) < 4.78 is 5.12. The monoisotopic (exact) mass is 354 g/mol. The first-order valence-electron chi connectivity index (χ1n) is 9.53. The number of benzene rings is 1. The zero-order chi connectivity index (χ0) is 17.9. The Morgan fingerprint density at radius 1 is 1.23 bits per heavy atom. The lowest BCUT2D eigenvalue weighted by Crippen LogP contribution is -2.48. The minimum absolute atomic E-state index is 0.173. The number of nitrogens with zero attached hydrogens (tertiary/aromatic N) is 3. The van der Waals surface area contributed by atoms with Crippen molar-refractivity contribution in [2.75, 3.05) is 26.2 Å². The van der Waals surface area contributed by atoms with E-state index in [1.165, 1.54) is 16.8 Å². The lowest BCUT2D eigenvalue weighted by atomic mass is 9.96. The van der Waals surface area contributed by atoms with Crippen molar-refractivity contribution in [2.45, 2.75) is 38.8 Å². The number of fused-ring (bicyclic) bond motifs is 1. The van der Waals surface area contributed by atoms with Crippen molar-refractivity contribution in [3.63, 3.8) is 0 Å². The van der Waals surface area contributed by atoms with Gasteiger partial charge in [0.15, 0.2) is 0 Å². The first-order chi connectivity index (χ1) is 12.8. The Balaban J connectivity index is 1.43. The van der Waals surface area contributed by atoms with Crippen LogP contribution in [0.1, 0.15) is 31.0 Å². The number of hydrogen-bond acceptors (Lipinski definition) is 4. The van der Waals surface area contributed by atoms with E-state index in [2.05, 4.69) is 39.4 Å². The Bertz CT molecular complexity index is 750. The highest BCUT2D eigenvalue weighted by atomic mass is 16.6. The molecule has 1 N–H and O–H groups in total. The third kappa shape index (κ3) is 3.33. The summed E-state index contributed by atoms with van der Waals surface area (Å²) in [6.45, 7) is 5.84. The molecule has 0 saturated carbocycles. The van der Waals surface area contributed by atoms with Gasteiger partial charge in [-0.25, -0.2) is 4.79 Å². The SMILES string of the molecule is CCOC(=O)N1CCC(N2CCc3[nH]nc(-c4ccccc4)c3C2)CC1. The minimum atomic E-state index is -0.173. The fraction of sp³-hybridized carbons (Fsp3) is 0.500. The quantitative estimate of drug-likeness (QED) is 0.920. The minimum Gasteiger partial charge on any atom is -0.450 e. The van der Waals surface area contributed by atoms with Crippen LogP contribution in [-0.2, 0) is 17.7 Å². The fourth-order valence-electron chi connectivity index (χ4n) is 4.09. The summed E-state index contributed by atoms with van der Waals surface area (Å²) in [5, 5.41) is 7.82. The third-order valence-corrected chi connectivity index (χ3v) is 5.52. The lowest BCUT2D eigenvalue weighted by Gasteiger charge is -2.39. The van der Waals surface area contributed by atoms with Gasteiger partial charge in [-0.3, -0.25) is 10.00 Å². The van der Waals surface area contributed by atoms with E-state index in [0.717, 1.165) is 51.1 Å². The highest BCUT2D eigenvalue weighted by Gasteiger charge is 2.31. The van der Waals surface area contributed by atoms with E-state index >= 15 is 0 Å². The maximum Gasteiger partial charge on any atom is 0.409 e. The summed E-state index contributed by atoms with van der Waals surface area (Å²) in [6, 6.07) is 10.9. The Hall–Kier alpha value is -2.34. The number of amides is 1. The van der Waals surface area contributed by atoms with Crippen LogP contribution < -0.4 is 0 Å². The van der Waals surface area contributed by atoms with E-state index in [4.69, 9.17) is 4.74 Å². The van der Waals surface area contributed by atoms with Crippen LogP contribution in [-0.4, -0.2) is 58.4 Å². The lowest BCUT2D eigenvalue weighted by molar-refractivity contribution is 0.0706. The summed E-state index contributed by atoms with van der Waals surface area (Å²) in [6.07, 6.45) is 2.85. The molecule has 3 heterocycles. The van der Waals surface area contributed by atoms with Crippen LogP contribution in [0, 0.1) is 0 Å². The molecule has 138 valence electrons. The van der Waals surface area contributed by atoms with Crippen LogP contribution in [0.5, 0.6) is 0 Å². The normalized spacial score (nSPS) is 18.6. The molecule has 0 aliphatic carbocycles. The maximum absolute atomic E-state index is 11.9. The van der Waals surface area contributed by atoms with Crippen molar-refractivity contribution < 1.29 is 9.53 Å². The van der Waals surface area contributed by atoms with Gasteiger partial charge in [-0.2, -0.15) is 5.10 Å². The summed E-state index contributed by atoms with van der Waals surface area (Å²) in [7, 11) is 0. The topological polar surface area (TPSA) is 61.5 Å². The van der Waals surface area contributed by atoms with Gasteiger partial charge in [-0.1, -0.05) is 30.3 Å². The highest BCUT2D eigenvalue weighted by Crippen LogP contribution is 2.30. The molecule has 0 bridgehead atoms. The molecule has 0 spiro atoms. The molecule has 0 atom stereocenters. The molecule has 2 aliphatic rings. The third-order valence-electron chi connectivity index (χ3n) is 5.52. The van der Waals surface area contributed by atoms with Crippen LogP contribution in [0.25, 0.3) is 11.3 Å². The van der Waals surface area contributed by atoms with Crippen molar-refractivity contribution in [1.29, 1.82) is 0 Å². The molecule has 1 aromatic carbocycles. The molecule has 26 heavy (non-hydrogen) atoms. The summed E-state index contributed by atoms with van der Waals surface area (Å²) in [5.74, 6) is 0. The molecule has 2 aliphatic heterocycles. The van der Waals surface area contributed by atoms with Crippen LogP contribution in [0.4, 0.5) is 4.79 Å². The van der Waals surface area contributed by atoms with Crippen LogP contribution in [0.2, 0.25) is 0 Å². The van der Waals surface area contributed by atoms with Gasteiger partial charge in [0.25, 0.3) is 0 Å². The molecular formula is C20H26N4O2. The van der Waals surface area contributed by atoms with E-state index in [9.17, 15) is 4.79 Å². The summed E-state index contributed by atoms with van der Waals surface area (Å²) in [5.41, 5.74) is 4.84. The Morgan fingerprint density at radius 3 is 2.73 bits per heavy atom. The number of likely N-dealkylation sites (tertiary alicyclic amines) is 1. The second kappa shape index (κ2) is 7.50. The van der Waals surface area contributed by atoms with Gasteiger partial charge >= 0.3 is 6.09 Å². The molecule has 1 fully saturated rings. The molecule has 1 aromatic heterocycles.